The van der Waals surface area contributed by atoms with Gasteiger partial charge in [-0.15, -0.1) is 0 Å². The van der Waals surface area contributed by atoms with E-state index in [-0.39, 0.29) is 37.5 Å². The van der Waals surface area contributed by atoms with Crippen LogP contribution in [-0.4, -0.2) is 47.2 Å². The topological polar surface area (TPSA) is 106 Å². The smallest absolute Gasteiger partial charge is 0.306 e. The number of benzene rings is 4. The molecule has 0 aliphatic carbocycles. The summed E-state index contributed by atoms with van der Waals surface area (Å²) in [6.45, 7) is 5.44. The first-order chi connectivity index (χ1) is 23.5. The molecule has 0 spiro atoms. The Morgan fingerprint density at radius 3 is 2.16 bits per heavy atom. The number of carbonyl (C=O) groups is 2. The second kappa shape index (κ2) is 15.4. The number of rotatable bonds is 13. The molecule has 1 amide bonds. The Balaban J connectivity index is 1.53. The first-order valence-corrected chi connectivity index (χ1v) is 16.2. The lowest BCUT2D eigenvalue weighted by atomic mass is 9.83. The standard InChI is InChI=1S/C39H40F2N2O6/c1-38(2,3)49-34(45)18-19-39(37(46)42-25-26-22-31(40)24-32(41)23-26)35(29-12-10-28(11-13-29)27-8-5-4-6-9-27)48-36(43-39)30-14-16-33(17-15-30)47-21-7-20-44/h4-6,8-17,22-24,35,44H,7,18-21,25H2,1-3H3,(H,42,46)/t35-,39-/m1/s1. The average Bonchev–Trinajstić information content (AvgIpc) is 3.47. The molecular weight excluding hydrogens is 630 g/mol. The summed E-state index contributed by atoms with van der Waals surface area (Å²) in [6.07, 6.45) is -0.725. The van der Waals surface area contributed by atoms with Gasteiger partial charge in [0.25, 0.3) is 5.91 Å². The summed E-state index contributed by atoms with van der Waals surface area (Å²) < 4.78 is 45.8. The molecule has 1 heterocycles. The highest BCUT2D eigenvalue weighted by Crippen LogP contribution is 2.44. The molecule has 0 fully saturated rings. The summed E-state index contributed by atoms with van der Waals surface area (Å²) in [5, 5.41) is 11.9. The molecule has 8 nitrogen and oxygen atoms in total. The van der Waals surface area contributed by atoms with Gasteiger partial charge in [0.1, 0.15) is 23.0 Å². The summed E-state index contributed by atoms with van der Waals surface area (Å²) in [4.78, 5) is 32.3. The van der Waals surface area contributed by atoms with Crippen molar-refractivity contribution in [3.05, 3.63) is 125 Å². The first kappa shape index (κ1) is 35.2. The van der Waals surface area contributed by atoms with E-state index >= 15 is 0 Å². The highest BCUT2D eigenvalue weighted by Gasteiger charge is 2.53. The van der Waals surface area contributed by atoms with E-state index in [0.717, 1.165) is 29.3 Å². The molecular formula is C39H40F2N2O6. The maximum absolute atomic E-state index is 14.4. The summed E-state index contributed by atoms with van der Waals surface area (Å²) >= 11 is 0. The zero-order valence-electron chi connectivity index (χ0n) is 27.7. The monoisotopic (exact) mass is 670 g/mol. The van der Waals surface area contributed by atoms with Crippen molar-refractivity contribution in [2.24, 2.45) is 4.99 Å². The molecule has 0 saturated heterocycles. The normalized spacial score (nSPS) is 17.2. The molecule has 0 saturated carbocycles. The summed E-state index contributed by atoms with van der Waals surface area (Å²) in [5.41, 5.74) is 0.980. The highest BCUT2D eigenvalue weighted by molar-refractivity contribution is 6.01. The Labute approximate surface area is 284 Å². The molecule has 10 heteroatoms. The number of carbonyl (C=O) groups excluding carboxylic acids is 2. The Morgan fingerprint density at radius 1 is 0.898 bits per heavy atom. The van der Waals surface area contributed by atoms with Gasteiger partial charge in [-0.1, -0.05) is 54.6 Å². The largest absolute Gasteiger partial charge is 0.494 e. The third-order valence-electron chi connectivity index (χ3n) is 7.86. The number of halogens is 2. The predicted molar refractivity (Wildman–Crippen MR) is 182 cm³/mol. The van der Waals surface area contributed by atoms with Crippen molar-refractivity contribution in [2.75, 3.05) is 13.2 Å². The van der Waals surface area contributed by atoms with Crippen molar-refractivity contribution in [3.63, 3.8) is 0 Å². The lowest BCUT2D eigenvalue weighted by molar-refractivity contribution is -0.155. The van der Waals surface area contributed by atoms with Crippen molar-refractivity contribution in [1.29, 1.82) is 0 Å². The molecule has 5 rings (SSSR count). The molecule has 0 radical (unpaired) electrons. The molecule has 4 aromatic carbocycles. The summed E-state index contributed by atoms with van der Waals surface area (Å²) in [5.74, 6) is -1.88. The molecule has 2 N–H and O–H groups in total. The van der Waals surface area contributed by atoms with E-state index in [1.165, 1.54) is 0 Å². The SMILES string of the molecule is CC(C)(C)OC(=O)CC[C@@]1(C(=O)NCc2cc(F)cc(F)c2)N=C(c2ccc(OCCCO)cc2)O[C@@H]1c1ccc(-c2ccccc2)cc1. The molecule has 1 aliphatic heterocycles. The van der Waals surface area contributed by atoms with Gasteiger partial charge in [0, 0.05) is 37.6 Å². The van der Waals surface area contributed by atoms with E-state index < -0.39 is 40.8 Å². The van der Waals surface area contributed by atoms with E-state index in [0.29, 0.717) is 29.9 Å². The number of nitrogens with one attached hydrogen (secondary N) is 1. The third-order valence-corrected chi connectivity index (χ3v) is 7.86. The predicted octanol–water partition coefficient (Wildman–Crippen LogP) is 7.09. The quantitative estimate of drug-likeness (QED) is 0.116. The van der Waals surface area contributed by atoms with Crippen LogP contribution in [-0.2, 0) is 25.6 Å². The molecule has 4 aromatic rings. The fourth-order valence-corrected chi connectivity index (χ4v) is 5.58. The second-order valence-electron chi connectivity index (χ2n) is 12.8. The molecule has 0 aromatic heterocycles. The fourth-order valence-electron chi connectivity index (χ4n) is 5.58. The fraction of sp³-hybridized carbons (Fsp3) is 0.308. The number of hydrogen-bond donors (Lipinski definition) is 2. The molecule has 1 aliphatic rings. The van der Waals surface area contributed by atoms with Crippen LogP contribution < -0.4 is 10.1 Å². The maximum Gasteiger partial charge on any atom is 0.306 e. The number of amides is 1. The lowest BCUT2D eigenvalue weighted by Crippen LogP contribution is -2.48. The Kier molecular flexibility index (Phi) is 11.1. The highest BCUT2D eigenvalue weighted by atomic mass is 19.1. The van der Waals surface area contributed by atoms with E-state index in [2.05, 4.69) is 5.32 Å². The van der Waals surface area contributed by atoms with Gasteiger partial charge in [-0.3, -0.25) is 9.59 Å². The third kappa shape index (κ3) is 9.08. The van der Waals surface area contributed by atoms with Crippen LogP contribution >= 0.6 is 0 Å². The van der Waals surface area contributed by atoms with Gasteiger partial charge in [-0.25, -0.2) is 13.8 Å². The average molecular weight is 671 g/mol. The number of esters is 1. The molecule has 49 heavy (non-hydrogen) atoms. The number of hydrogen-bond acceptors (Lipinski definition) is 7. The number of nitrogens with zero attached hydrogens (tertiary/aromatic N) is 1. The van der Waals surface area contributed by atoms with Gasteiger partial charge in [0.15, 0.2) is 11.6 Å². The van der Waals surface area contributed by atoms with Gasteiger partial charge >= 0.3 is 5.97 Å². The number of ether oxygens (including phenoxy) is 3. The number of aliphatic hydroxyl groups is 1. The van der Waals surface area contributed by atoms with Crippen molar-refractivity contribution in [1.82, 2.24) is 5.32 Å². The first-order valence-electron chi connectivity index (χ1n) is 16.2. The Hall–Kier alpha value is -5.09. The minimum Gasteiger partial charge on any atom is -0.494 e. The van der Waals surface area contributed by atoms with Crippen LogP contribution in [0.15, 0.2) is 102 Å². The van der Waals surface area contributed by atoms with E-state index in [1.807, 2.05) is 54.6 Å². The minimum atomic E-state index is -1.66. The van der Waals surface area contributed by atoms with Gasteiger partial charge in [0.05, 0.1) is 6.61 Å². The number of aliphatic hydroxyl groups excluding tert-OH is 1. The Bertz CT molecular complexity index is 1750. The van der Waals surface area contributed by atoms with Crippen molar-refractivity contribution < 1.29 is 37.7 Å². The van der Waals surface area contributed by atoms with E-state index in [9.17, 15) is 18.4 Å². The van der Waals surface area contributed by atoms with Crippen molar-refractivity contribution >= 4 is 17.8 Å². The Morgan fingerprint density at radius 2 is 1.53 bits per heavy atom. The van der Waals surface area contributed by atoms with Crippen LogP contribution in [0.25, 0.3) is 11.1 Å². The van der Waals surface area contributed by atoms with E-state index in [1.54, 1.807) is 45.0 Å². The van der Waals surface area contributed by atoms with Crippen LogP contribution in [0.2, 0.25) is 0 Å². The molecule has 0 unspecified atom stereocenters. The minimum absolute atomic E-state index is 0.0119. The van der Waals surface area contributed by atoms with Crippen LogP contribution in [0.1, 0.15) is 62.8 Å². The van der Waals surface area contributed by atoms with Crippen LogP contribution in [0, 0.1) is 11.6 Å². The zero-order valence-corrected chi connectivity index (χ0v) is 27.7. The summed E-state index contributed by atoms with van der Waals surface area (Å²) in [6, 6.07) is 27.4. The van der Waals surface area contributed by atoms with Gasteiger partial charge in [-0.2, -0.15) is 0 Å². The van der Waals surface area contributed by atoms with Crippen LogP contribution in [0.4, 0.5) is 8.78 Å². The second-order valence-corrected chi connectivity index (χ2v) is 12.8. The molecule has 256 valence electrons. The van der Waals surface area contributed by atoms with Crippen molar-refractivity contribution in [2.45, 2.75) is 63.8 Å². The molecule has 2 atom stereocenters. The van der Waals surface area contributed by atoms with Crippen LogP contribution in [0.3, 0.4) is 0 Å². The van der Waals surface area contributed by atoms with Crippen LogP contribution in [0.5, 0.6) is 5.75 Å². The summed E-state index contributed by atoms with van der Waals surface area (Å²) in [7, 11) is 0. The maximum atomic E-state index is 14.4. The van der Waals surface area contributed by atoms with Crippen molar-refractivity contribution in [3.8, 4) is 16.9 Å². The lowest BCUT2D eigenvalue weighted by Gasteiger charge is -2.31. The van der Waals surface area contributed by atoms with Gasteiger partial charge in [-0.05, 0) is 85.8 Å². The zero-order chi connectivity index (χ0) is 35.0. The van der Waals surface area contributed by atoms with E-state index in [4.69, 9.17) is 24.3 Å². The van der Waals surface area contributed by atoms with Gasteiger partial charge in [0.2, 0.25) is 5.90 Å². The number of aliphatic imine (C=N–C) groups is 1. The van der Waals surface area contributed by atoms with Gasteiger partial charge < -0.3 is 24.6 Å². The molecule has 0 bridgehead atoms.